The van der Waals surface area contributed by atoms with Gasteiger partial charge in [-0.2, -0.15) is 0 Å². The van der Waals surface area contributed by atoms with Crippen molar-refractivity contribution in [1.29, 1.82) is 0 Å². The standard InChI is InChI=1S/C18H30N4O3/c1-19(2)18(24)21(11-6-12-25-4)14-17(23)22(15-8-9-15)13-16-7-5-10-20(16)3/h5,7,10,15H,6,8-9,11-14H2,1-4H3. The number of nitrogens with zero attached hydrogens (tertiary/aromatic N) is 4. The van der Waals surface area contributed by atoms with Crippen molar-refractivity contribution in [2.75, 3.05) is 40.9 Å². The number of hydrogen-bond donors (Lipinski definition) is 0. The molecule has 0 N–H and O–H groups in total. The lowest BCUT2D eigenvalue weighted by molar-refractivity contribution is -0.133. The first kappa shape index (κ1) is 19.3. The van der Waals surface area contributed by atoms with E-state index < -0.39 is 0 Å². The molecule has 2 rings (SSSR count). The fourth-order valence-corrected chi connectivity index (χ4v) is 2.82. The first-order chi connectivity index (χ1) is 11.9. The Labute approximate surface area is 150 Å². The molecule has 1 saturated carbocycles. The lowest BCUT2D eigenvalue weighted by atomic mass is 10.3. The number of methoxy groups -OCH3 is 1. The predicted molar refractivity (Wildman–Crippen MR) is 96.1 cm³/mol. The van der Waals surface area contributed by atoms with Crippen LogP contribution in [-0.2, 0) is 23.1 Å². The zero-order valence-corrected chi connectivity index (χ0v) is 15.8. The largest absolute Gasteiger partial charge is 0.385 e. The summed E-state index contributed by atoms with van der Waals surface area (Å²) in [4.78, 5) is 30.3. The van der Waals surface area contributed by atoms with E-state index in [1.54, 1.807) is 26.1 Å². The highest BCUT2D eigenvalue weighted by atomic mass is 16.5. The Balaban J connectivity index is 2.02. The number of carbonyl (C=O) groups is 2. The number of carbonyl (C=O) groups excluding carboxylic acids is 2. The second kappa shape index (κ2) is 8.89. The highest BCUT2D eigenvalue weighted by Gasteiger charge is 2.34. The van der Waals surface area contributed by atoms with Gasteiger partial charge >= 0.3 is 6.03 Å². The smallest absolute Gasteiger partial charge is 0.319 e. The summed E-state index contributed by atoms with van der Waals surface area (Å²) in [5.41, 5.74) is 1.10. The number of aromatic nitrogens is 1. The topological polar surface area (TPSA) is 58.0 Å². The molecule has 0 aliphatic heterocycles. The van der Waals surface area contributed by atoms with Gasteiger partial charge in [0.15, 0.2) is 0 Å². The van der Waals surface area contributed by atoms with E-state index in [2.05, 4.69) is 0 Å². The summed E-state index contributed by atoms with van der Waals surface area (Å²) in [7, 11) is 7.03. The highest BCUT2D eigenvalue weighted by Crippen LogP contribution is 2.28. The summed E-state index contributed by atoms with van der Waals surface area (Å²) in [6.07, 6.45) is 4.78. The van der Waals surface area contributed by atoms with Crippen LogP contribution in [0.25, 0.3) is 0 Å². The van der Waals surface area contributed by atoms with Gasteiger partial charge in [0.2, 0.25) is 5.91 Å². The van der Waals surface area contributed by atoms with Gasteiger partial charge in [-0.25, -0.2) is 4.79 Å². The van der Waals surface area contributed by atoms with Gasteiger partial charge in [-0.05, 0) is 31.4 Å². The molecule has 0 radical (unpaired) electrons. The summed E-state index contributed by atoms with van der Waals surface area (Å²) < 4.78 is 7.10. The molecule has 0 bridgehead atoms. The maximum absolute atomic E-state index is 12.9. The minimum atomic E-state index is -0.140. The summed E-state index contributed by atoms with van der Waals surface area (Å²) >= 11 is 0. The predicted octanol–water partition coefficient (Wildman–Crippen LogP) is 1.54. The Hall–Kier alpha value is -2.02. The summed E-state index contributed by atoms with van der Waals surface area (Å²) in [6, 6.07) is 4.18. The van der Waals surface area contributed by atoms with E-state index in [-0.39, 0.29) is 18.5 Å². The van der Waals surface area contributed by atoms with Gasteiger partial charge in [-0.3, -0.25) is 4.79 Å². The van der Waals surface area contributed by atoms with Crippen molar-refractivity contribution >= 4 is 11.9 Å². The van der Waals surface area contributed by atoms with Crippen molar-refractivity contribution in [3.63, 3.8) is 0 Å². The number of rotatable bonds is 9. The van der Waals surface area contributed by atoms with Gasteiger partial charge in [-0.15, -0.1) is 0 Å². The molecule has 1 aliphatic carbocycles. The van der Waals surface area contributed by atoms with Crippen LogP contribution in [0.3, 0.4) is 0 Å². The van der Waals surface area contributed by atoms with Crippen molar-refractivity contribution in [3.8, 4) is 0 Å². The number of hydrogen-bond acceptors (Lipinski definition) is 3. The molecular formula is C18H30N4O3. The van der Waals surface area contributed by atoms with Gasteiger partial charge in [0, 0.05) is 59.3 Å². The fraction of sp³-hybridized carbons (Fsp3) is 0.667. The average molecular weight is 350 g/mol. The number of aryl methyl sites for hydroxylation is 1. The summed E-state index contributed by atoms with van der Waals surface area (Å²) in [6.45, 7) is 1.79. The first-order valence-electron chi connectivity index (χ1n) is 8.79. The quantitative estimate of drug-likeness (QED) is 0.635. The van der Waals surface area contributed by atoms with Gasteiger partial charge in [-0.1, -0.05) is 0 Å². The third kappa shape index (κ3) is 5.49. The van der Waals surface area contributed by atoms with Crippen LogP contribution in [0, 0.1) is 0 Å². The minimum absolute atomic E-state index is 0.0105. The lowest BCUT2D eigenvalue weighted by Crippen LogP contribution is -2.47. The van der Waals surface area contributed by atoms with Crippen LogP contribution >= 0.6 is 0 Å². The summed E-state index contributed by atoms with van der Waals surface area (Å²) in [5.74, 6) is 0.0105. The molecule has 1 aromatic heterocycles. The van der Waals surface area contributed by atoms with E-state index in [0.29, 0.717) is 32.2 Å². The zero-order valence-electron chi connectivity index (χ0n) is 15.8. The second-order valence-electron chi connectivity index (χ2n) is 6.81. The van der Waals surface area contributed by atoms with E-state index in [1.165, 1.54) is 4.90 Å². The minimum Gasteiger partial charge on any atom is -0.385 e. The van der Waals surface area contributed by atoms with Crippen LogP contribution in [0.4, 0.5) is 4.79 Å². The van der Waals surface area contributed by atoms with E-state index in [9.17, 15) is 9.59 Å². The molecule has 0 atom stereocenters. The maximum atomic E-state index is 12.9. The average Bonchev–Trinajstić information content (AvgIpc) is 3.33. The van der Waals surface area contributed by atoms with E-state index >= 15 is 0 Å². The van der Waals surface area contributed by atoms with Gasteiger partial charge in [0.05, 0.1) is 6.54 Å². The van der Waals surface area contributed by atoms with Crippen LogP contribution in [0.2, 0.25) is 0 Å². The Kier molecular flexibility index (Phi) is 6.87. The molecule has 7 nitrogen and oxygen atoms in total. The third-order valence-corrected chi connectivity index (χ3v) is 4.45. The van der Waals surface area contributed by atoms with Crippen LogP contribution in [0.15, 0.2) is 18.3 Å². The molecule has 1 aromatic rings. The van der Waals surface area contributed by atoms with Crippen molar-refractivity contribution in [1.82, 2.24) is 19.3 Å². The van der Waals surface area contributed by atoms with Gasteiger partial charge in [0.25, 0.3) is 0 Å². The van der Waals surface area contributed by atoms with Gasteiger partial charge < -0.3 is 24.0 Å². The monoisotopic (exact) mass is 350 g/mol. The molecule has 1 aliphatic rings. The lowest BCUT2D eigenvalue weighted by Gasteiger charge is -2.29. The Morgan fingerprint density at radius 1 is 1.32 bits per heavy atom. The maximum Gasteiger partial charge on any atom is 0.319 e. The number of urea groups is 1. The first-order valence-corrected chi connectivity index (χ1v) is 8.79. The molecule has 3 amide bonds. The number of amides is 3. The van der Waals surface area contributed by atoms with E-state index in [0.717, 1.165) is 18.5 Å². The molecule has 0 spiro atoms. The Bertz CT molecular complexity index is 581. The molecule has 0 aromatic carbocycles. The van der Waals surface area contributed by atoms with Gasteiger partial charge in [0.1, 0.15) is 6.54 Å². The highest BCUT2D eigenvalue weighted by molar-refractivity contribution is 5.84. The molecule has 25 heavy (non-hydrogen) atoms. The zero-order chi connectivity index (χ0) is 18.4. The van der Waals surface area contributed by atoms with E-state index in [4.69, 9.17) is 4.74 Å². The fourth-order valence-electron chi connectivity index (χ4n) is 2.82. The van der Waals surface area contributed by atoms with Crippen LogP contribution in [0.1, 0.15) is 25.0 Å². The van der Waals surface area contributed by atoms with Crippen molar-refractivity contribution in [3.05, 3.63) is 24.0 Å². The van der Waals surface area contributed by atoms with Crippen molar-refractivity contribution in [2.24, 2.45) is 7.05 Å². The second-order valence-corrected chi connectivity index (χ2v) is 6.81. The van der Waals surface area contributed by atoms with Crippen LogP contribution in [0.5, 0.6) is 0 Å². The van der Waals surface area contributed by atoms with Crippen molar-refractivity contribution in [2.45, 2.75) is 31.8 Å². The molecule has 7 heteroatoms. The molecular weight excluding hydrogens is 320 g/mol. The molecule has 0 saturated heterocycles. The van der Waals surface area contributed by atoms with E-state index in [1.807, 2.05) is 34.8 Å². The van der Waals surface area contributed by atoms with Crippen LogP contribution in [-0.4, -0.2) is 78.1 Å². The molecule has 140 valence electrons. The SMILES string of the molecule is COCCCN(CC(=O)N(Cc1cccn1C)C1CC1)C(=O)N(C)C. The Morgan fingerprint density at radius 3 is 2.56 bits per heavy atom. The number of ether oxygens (including phenoxy) is 1. The van der Waals surface area contributed by atoms with Crippen molar-refractivity contribution < 1.29 is 14.3 Å². The summed E-state index contributed by atoms with van der Waals surface area (Å²) in [5, 5.41) is 0. The molecule has 1 heterocycles. The third-order valence-electron chi connectivity index (χ3n) is 4.45. The normalized spacial score (nSPS) is 13.6. The Morgan fingerprint density at radius 2 is 2.04 bits per heavy atom. The molecule has 1 fully saturated rings. The molecule has 0 unspecified atom stereocenters. The van der Waals surface area contributed by atoms with Crippen LogP contribution < -0.4 is 0 Å².